The molecule has 0 fully saturated rings. The zero-order chi connectivity index (χ0) is 13.6. The van der Waals surface area contributed by atoms with Crippen LogP contribution in [0.15, 0.2) is 66.9 Å². The van der Waals surface area contributed by atoms with Crippen molar-refractivity contribution in [3.8, 4) is 5.75 Å². The summed E-state index contributed by atoms with van der Waals surface area (Å²) in [7, 11) is -4.09. The molecular weight excluding hydrogens is 264 g/mol. The Bertz CT molecular complexity index is 634. The van der Waals surface area contributed by atoms with Crippen LogP contribution in [0.25, 0.3) is 6.08 Å². The molecule has 0 aliphatic carbocycles. The van der Waals surface area contributed by atoms with Crippen molar-refractivity contribution in [2.45, 2.75) is 0 Å². The van der Waals surface area contributed by atoms with Crippen LogP contribution in [0, 0.1) is 0 Å². The molecule has 0 saturated carbocycles. The molecule has 0 atom stereocenters. The second-order valence-electron chi connectivity index (χ2n) is 3.61. The maximum atomic E-state index is 11.5. The zero-order valence-corrected chi connectivity index (χ0v) is 10.8. The van der Waals surface area contributed by atoms with Crippen LogP contribution in [0.5, 0.6) is 5.75 Å². The SMILES string of the molecule is O=S(=O)(O/C=C/c1ccccc1)Oc1ccccc1. The van der Waals surface area contributed by atoms with E-state index in [2.05, 4.69) is 4.18 Å². The molecule has 0 N–H and O–H groups in total. The summed E-state index contributed by atoms with van der Waals surface area (Å²) < 4.78 is 32.3. The van der Waals surface area contributed by atoms with E-state index in [-0.39, 0.29) is 5.75 Å². The van der Waals surface area contributed by atoms with Crippen LogP contribution in [0.1, 0.15) is 5.56 Å². The van der Waals surface area contributed by atoms with Crippen LogP contribution in [0.4, 0.5) is 0 Å². The Morgan fingerprint density at radius 1 is 0.842 bits per heavy atom. The van der Waals surface area contributed by atoms with Crippen molar-refractivity contribution in [1.29, 1.82) is 0 Å². The Morgan fingerprint density at radius 3 is 2.05 bits per heavy atom. The van der Waals surface area contributed by atoms with E-state index < -0.39 is 10.4 Å². The van der Waals surface area contributed by atoms with Gasteiger partial charge in [-0.15, -0.1) is 8.42 Å². The first kappa shape index (κ1) is 13.2. The van der Waals surface area contributed by atoms with Crippen LogP contribution in [-0.4, -0.2) is 8.42 Å². The molecule has 0 saturated heterocycles. The van der Waals surface area contributed by atoms with Gasteiger partial charge in [-0.25, -0.2) is 0 Å². The van der Waals surface area contributed by atoms with Crippen molar-refractivity contribution in [3.63, 3.8) is 0 Å². The summed E-state index contributed by atoms with van der Waals surface area (Å²) in [5, 5.41) is 0. The summed E-state index contributed by atoms with van der Waals surface area (Å²) in [5.41, 5.74) is 0.831. The summed E-state index contributed by atoms with van der Waals surface area (Å²) >= 11 is 0. The van der Waals surface area contributed by atoms with Gasteiger partial charge >= 0.3 is 10.4 Å². The van der Waals surface area contributed by atoms with Crippen molar-refractivity contribution in [1.82, 2.24) is 0 Å². The van der Waals surface area contributed by atoms with Gasteiger partial charge in [0.2, 0.25) is 0 Å². The lowest BCUT2D eigenvalue weighted by Gasteiger charge is -2.04. The van der Waals surface area contributed by atoms with Gasteiger partial charge in [0.15, 0.2) is 0 Å². The minimum Gasteiger partial charge on any atom is -0.361 e. The third-order valence-electron chi connectivity index (χ3n) is 2.17. The number of rotatable bonds is 5. The van der Waals surface area contributed by atoms with Crippen LogP contribution in [0.3, 0.4) is 0 Å². The van der Waals surface area contributed by atoms with E-state index in [1.807, 2.05) is 30.3 Å². The summed E-state index contributed by atoms with van der Waals surface area (Å²) in [6, 6.07) is 17.4. The standard InChI is InChI=1S/C14H12O4S/c15-19(16,18-14-9-5-2-6-10-14)17-12-11-13-7-3-1-4-8-13/h1-12H/b12-11+. The molecular formula is C14H12O4S. The van der Waals surface area contributed by atoms with Gasteiger partial charge in [0, 0.05) is 0 Å². The molecule has 2 aromatic carbocycles. The van der Waals surface area contributed by atoms with Gasteiger partial charge in [0.25, 0.3) is 0 Å². The van der Waals surface area contributed by atoms with Crippen molar-refractivity contribution < 1.29 is 16.8 Å². The molecule has 2 aromatic rings. The molecule has 0 heterocycles. The van der Waals surface area contributed by atoms with Gasteiger partial charge in [0.05, 0.1) is 0 Å². The molecule has 0 radical (unpaired) electrons. The van der Waals surface area contributed by atoms with E-state index >= 15 is 0 Å². The zero-order valence-electron chi connectivity index (χ0n) is 9.97. The lowest BCUT2D eigenvalue weighted by atomic mass is 10.2. The van der Waals surface area contributed by atoms with Crippen LogP contribution in [0.2, 0.25) is 0 Å². The van der Waals surface area contributed by atoms with Gasteiger partial charge in [0.1, 0.15) is 12.0 Å². The first-order valence-corrected chi connectivity index (χ1v) is 6.88. The van der Waals surface area contributed by atoms with Crippen molar-refractivity contribution in [2.24, 2.45) is 0 Å². The molecule has 2 rings (SSSR count). The van der Waals surface area contributed by atoms with Gasteiger partial charge in [-0.3, -0.25) is 0 Å². The third-order valence-corrected chi connectivity index (χ3v) is 2.92. The van der Waals surface area contributed by atoms with E-state index in [0.29, 0.717) is 0 Å². The Labute approximate surface area is 112 Å². The van der Waals surface area contributed by atoms with Crippen molar-refractivity contribution >= 4 is 16.5 Å². The van der Waals surface area contributed by atoms with Gasteiger partial charge < -0.3 is 8.37 Å². The van der Waals surface area contributed by atoms with Gasteiger partial charge in [-0.2, -0.15) is 0 Å². The first-order valence-electron chi connectivity index (χ1n) is 5.55. The molecule has 0 aliphatic rings. The fourth-order valence-corrected chi connectivity index (χ4v) is 1.93. The molecule has 19 heavy (non-hydrogen) atoms. The maximum absolute atomic E-state index is 11.5. The molecule has 98 valence electrons. The fourth-order valence-electron chi connectivity index (χ4n) is 1.35. The highest BCUT2D eigenvalue weighted by Gasteiger charge is 2.11. The molecule has 0 spiro atoms. The smallest absolute Gasteiger partial charge is 0.361 e. The van der Waals surface area contributed by atoms with Gasteiger partial charge in [-0.1, -0.05) is 48.5 Å². The molecule has 0 aromatic heterocycles. The summed E-state index contributed by atoms with van der Waals surface area (Å²) in [6.07, 6.45) is 2.61. The highest BCUT2D eigenvalue weighted by molar-refractivity contribution is 7.82. The molecule has 0 bridgehead atoms. The molecule has 0 aliphatic heterocycles. The van der Waals surface area contributed by atoms with E-state index in [9.17, 15) is 8.42 Å². The Hall–Kier alpha value is -2.27. The Balaban J connectivity index is 1.97. The third kappa shape index (κ3) is 4.48. The number of hydrogen-bond acceptors (Lipinski definition) is 4. The lowest BCUT2D eigenvalue weighted by molar-refractivity contribution is 0.363. The Kier molecular flexibility index (Phi) is 4.20. The van der Waals surface area contributed by atoms with E-state index in [0.717, 1.165) is 11.8 Å². The minimum absolute atomic E-state index is 0.204. The monoisotopic (exact) mass is 276 g/mol. The normalized spacial score (nSPS) is 11.4. The molecule has 4 nitrogen and oxygen atoms in total. The summed E-state index contributed by atoms with van der Waals surface area (Å²) in [4.78, 5) is 0. The Morgan fingerprint density at radius 2 is 1.42 bits per heavy atom. The molecule has 0 unspecified atom stereocenters. The average Bonchev–Trinajstić information content (AvgIpc) is 2.40. The van der Waals surface area contributed by atoms with Gasteiger partial charge in [-0.05, 0) is 23.8 Å². The molecule has 0 amide bonds. The fraction of sp³-hybridized carbons (Fsp3) is 0. The predicted octanol–water partition coefficient (Wildman–Crippen LogP) is 3.00. The quantitative estimate of drug-likeness (QED) is 0.788. The van der Waals surface area contributed by atoms with Crippen LogP contribution >= 0.6 is 0 Å². The largest absolute Gasteiger partial charge is 0.500 e. The highest BCUT2D eigenvalue weighted by atomic mass is 32.3. The second-order valence-corrected chi connectivity index (χ2v) is 4.79. The van der Waals surface area contributed by atoms with Crippen LogP contribution in [-0.2, 0) is 14.6 Å². The topological polar surface area (TPSA) is 52.6 Å². The molecule has 5 heteroatoms. The van der Waals surface area contributed by atoms with E-state index in [1.165, 1.54) is 18.2 Å². The first-order chi connectivity index (χ1) is 9.16. The van der Waals surface area contributed by atoms with Crippen LogP contribution < -0.4 is 4.18 Å². The minimum atomic E-state index is -4.09. The average molecular weight is 276 g/mol. The van der Waals surface area contributed by atoms with Crippen molar-refractivity contribution in [2.75, 3.05) is 0 Å². The maximum Gasteiger partial charge on any atom is 0.500 e. The highest BCUT2D eigenvalue weighted by Crippen LogP contribution is 2.12. The van der Waals surface area contributed by atoms with E-state index in [1.54, 1.807) is 18.2 Å². The predicted molar refractivity (Wildman–Crippen MR) is 72.6 cm³/mol. The van der Waals surface area contributed by atoms with E-state index in [4.69, 9.17) is 4.18 Å². The summed E-state index contributed by atoms with van der Waals surface area (Å²) in [6.45, 7) is 0. The lowest BCUT2D eigenvalue weighted by Crippen LogP contribution is -2.09. The number of para-hydroxylation sites is 1. The number of hydrogen-bond donors (Lipinski definition) is 0. The number of benzene rings is 2. The summed E-state index contributed by atoms with van der Waals surface area (Å²) in [5.74, 6) is 0.204. The van der Waals surface area contributed by atoms with Crippen molar-refractivity contribution in [3.05, 3.63) is 72.5 Å². The second kappa shape index (κ2) is 6.06.